The van der Waals surface area contributed by atoms with Crippen LogP contribution in [0.3, 0.4) is 0 Å². The molecule has 0 heterocycles. The van der Waals surface area contributed by atoms with Crippen molar-refractivity contribution < 1.29 is 14.0 Å². The molecule has 2 aromatic rings. The van der Waals surface area contributed by atoms with Crippen molar-refractivity contribution in [2.75, 3.05) is 0 Å². The summed E-state index contributed by atoms with van der Waals surface area (Å²) in [5.41, 5.74) is 6.25. The second-order valence-electron chi connectivity index (χ2n) is 6.25. The van der Waals surface area contributed by atoms with Gasteiger partial charge in [0.2, 0.25) is 0 Å². The molecule has 120 valence electrons. The fourth-order valence-corrected chi connectivity index (χ4v) is 2.01. The van der Waals surface area contributed by atoms with Crippen LogP contribution in [0.5, 0.6) is 0 Å². The number of amides is 2. The first kappa shape index (κ1) is 16.7. The molecular weight excluding hydrogens is 295 g/mol. The van der Waals surface area contributed by atoms with Crippen LogP contribution < -0.4 is 10.9 Å². The second kappa shape index (κ2) is 6.60. The summed E-state index contributed by atoms with van der Waals surface area (Å²) in [6.07, 6.45) is 0. The molecule has 0 atom stereocenters. The molecule has 0 spiro atoms. The van der Waals surface area contributed by atoms with E-state index >= 15 is 0 Å². The summed E-state index contributed by atoms with van der Waals surface area (Å²) in [6.45, 7) is 6.25. The van der Waals surface area contributed by atoms with E-state index in [2.05, 4.69) is 31.6 Å². The monoisotopic (exact) mass is 314 g/mol. The maximum absolute atomic E-state index is 13.1. The van der Waals surface area contributed by atoms with E-state index in [1.807, 2.05) is 12.1 Å². The Bertz CT molecular complexity index is 719. The normalized spacial score (nSPS) is 11.0. The highest BCUT2D eigenvalue weighted by Gasteiger charge is 2.14. The molecular formula is C18H19FN2O2. The highest BCUT2D eigenvalue weighted by Crippen LogP contribution is 2.22. The van der Waals surface area contributed by atoms with Crippen LogP contribution in [0.25, 0.3) is 0 Å². The Labute approximate surface area is 134 Å². The summed E-state index contributed by atoms with van der Waals surface area (Å²) in [5, 5.41) is 0. The van der Waals surface area contributed by atoms with Gasteiger partial charge in [-0.15, -0.1) is 0 Å². The minimum atomic E-state index is -0.579. The number of nitrogens with one attached hydrogen (secondary N) is 2. The quantitative estimate of drug-likeness (QED) is 0.836. The molecule has 2 aromatic carbocycles. The summed E-state index contributed by atoms with van der Waals surface area (Å²) in [7, 11) is 0. The van der Waals surface area contributed by atoms with E-state index in [-0.39, 0.29) is 11.0 Å². The van der Waals surface area contributed by atoms with Gasteiger partial charge in [0.1, 0.15) is 5.82 Å². The molecule has 2 N–H and O–H groups in total. The topological polar surface area (TPSA) is 58.2 Å². The lowest BCUT2D eigenvalue weighted by molar-refractivity contribution is 0.0846. The average Bonchev–Trinajstić information content (AvgIpc) is 2.51. The highest BCUT2D eigenvalue weighted by atomic mass is 19.1. The third-order valence-electron chi connectivity index (χ3n) is 3.39. The first-order valence-electron chi connectivity index (χ1n) is 7.24. The van der Waals surface area contributed by atoms with E-state index in [4.69, 9.17) is 0 Å². The van der Waals surface area contributed by atoms with E-state index in [0.29, 0.717) is 5.56 Å². The van der Waals surface area contributed by atoms with Gasteiger partial charge in [0.05, 0.1) is 0 Å². The molecule has 23 heavy (non-hydrogen) atoms. The first-order chi connectivity index (χ1) is 10.8. The van der Waals surface area contributed by atoms with E-state index in [1.54, 1.807) is 12.1 Å². The Morgan fingerprint density at radius 3 is 1.96 bits per heavy atom. The van der Waals surface area contributed by atoms with Crippen LogP contribution in [0, 0.1) is 5.82 Å². The van der Waals surface area contributed by atoms with Crippen LogP contribution in [0.2, 0.25) is 0 Å². The van der Waals surface area contributed by atoms with Crippen molar-refractivity contribution in [1.29, 1.82) is 0 Å². The van der Waals surface area contributed by atoms with Crippen LogP contribution in [0.15, 0.2) is 48.5 Å². The molecule has 0 radical (unpaired) electrons. The van der Waals surface area contributed by atoms with Gasteiger partial charge in [0, 0.05) is 11.1 Å². The maximum Gasteiger partial charge on any atom is 0.269 e. The van der Waals surface area contributed by atoms with Gasteiger partial charge >= 0.3 is 0 Å². The largest absolute Gasteiger partial charge is 0.269 e. The molecule has 5 heteroatoms. The molecule has 0 bridgehead atoms. The third-order valence-corrected chi connectivity index (χ3v) is 3.39. The first-order valence-corrected chi connectivity index (χ1v) is 7.24. The molecule has 4 nitrogen and oxygen atoms in total. The Hall–Kier alpha value is -2.69. The zero-order valence-corrected chi connectivity index (χ0v) is 13.3. The highest BCUT2D eigenvalue weighted by molar-refractivity contribution is 5.99. The predicted octanol–water partition coefficient (Wildman–Crippen LogP) is 3.20. The van der Waals surface area contributed by atoms with Gasteiger partial charge in [-0.3, -0.25) is 20.4 Å². The molecule has 0 saturated heterocycles. The van der Waals surface area contributed by atoms with Gasteiger partial charge in [0.25, 0.3) is 11.8 Å². The lowest BCUT2D eigenvalue weighted by atomic mass is 9.87. The lowest BCUT2D eigenvalue weighted by Gasteiger charge is -2.19. The Balaban J connectivity index is 1.98. The Morgan fingerprint density at radius 1 is 0.870 bits per heavy atom. The number of halogens is 1. The Kier molecular flexibility index (Phi) is 4.79. The number of hydrazine groups is 1. The smallest absolute Gasteiger partial charge is 0.267 e. The number of hydrogen-bond acceptors (Lipinski definition) is 2. The SMILES string of the molecule is CC(C)(C)c1ccc(C(=O)NNC(=O)c2cccc(F)c2)cc1. The summed E-state index contributed by atoms with van der Waals surface area (Å²) in [4.78, 5) is 23.8. The van der Waals surface area contributed by atoms with Crippen LogP contribution >= 0.6 is 0 Å². The van der Waals surface area contributed by atoms with Crippen LogP contribution in [-0.2, 0) is 5.41 Å². The fraction of sp³-hybridized carbons (Fsp3) is 0.222. The lowest BCUT2D eigenvalue weighted by Crippen LogP contribution is -2.41. The van der Waals surface area contributed by atoms with Crippen LogP contribution in [-0.4, -0.2) is 11.8 Å². The van der Waals surface area contributed by atoms with Crippen molar-refractivity contribution in [1.82, 2.24) is 10.9 Å². The molecule has 2 amide bonds. The van der Waals surface area contributed by atoms with Gasteiger partial charge in [-0.05, 0) is 41.3 Å². The summed E-state index contributed by atoms with van der Waals surface area (Å²) >= 11 is 0. The van der Waals surface area contributed by atoms with E-state index < -0.39 is 17.6 Å². The molecule has 0 aliphatic carbocycles. The van der Waals surface area contributed by atoms with E-state index in [0.717, 1.165) is 11.6 Å². The van der Waals surface area contributed by atoms with Gasteiger partial charge < -0.3 is 0 Å². The minimum absolute atomic E-state index is 0.000600. The van der Waals surface area contributed by atoms with Crippen LogP contribution in [0.1, 0.15) is 47.1 Å². The van der Waals surface area contributed by atoms with E-state index in [1.165, 1.54) is 18.2 Å². The van der Waals surface area contributed by atoms with Gasteiger partial charge in [-0.25, -0.2) is 4.39 Å². The molecule has 0 aliphatic rings. The van der Waals surface area contributed by atoms with Crippen LogP contribution in [0.4, 0.5) is 4.39 Å². The second-order valence-corrected chi connectivity index (χ2v) is 6.25. The Morgan fingerprint density at radius 2 is 1.43 bits per heavy atom. The molecule has 2 rings (SSSR count). The zero-order chi connectivity index (χ0) is 17.0. The average molecular weight is 314 g/mol. The molecule has 0 fully saturated rings. The molecule has 0 aromatic heterocycles. The minimum Gasteiger partial charge on any atom is -0.267 e. The third kappa shape index (κ3) is 4.39. The number of carbonyl (C=O) groups excluding carboxylic acids is 2. The van der Waals surface area contributed by atoms with Crippen molar-refractivity contribution in [3.8, 4) is 0 Å². The summed E-state index contributed by atoms with van der Waals surface area (Å²) in [6, 6.07) is 12.4. The number of carbonyl (C=O) groups is 2. The molecule has 0 aliphatic heterocycles. The van der Waals surface area contributed by atoms with Crippen molar-refractivity contribution in [3.05, 3.63) is 71.0 Å². The van der Waals surface area contributed by atoms with E-state index in [9.17, 15) is 14.0 Å². The standard InChI is InChI=1S/C18H19FN2O2/c1-18(2,3)14-9-7-12(8-10-14)16(22)20-21-17(23)13-5-4-6-15(19)11-13/h4-11H,1-3H3,(H,20,22)(H,21,23). The maximum atomic E-state index is 13.1. The summed E-state index contributed by atoms with van der Waals surface area (Å²) in [5.74, 6) is -1.53. The number of hydrogen-bond donors (Lipinski definition) is 2. The molecule has 0 saturated carbocycles. The summed E-state index contributed by atoms with van der Waals surface area (Å²) < 4.78 is 13.1. The zero-order valence-electron chi connectivity index (χ0n) is 13.3. The van der Waals surface area contributed by atoms with Gasteiger partial charge in [-0.2, -0.15) is 0 Å². The van der Waals surface area contributed by atoms with Gasteiger partial charge in [-0.1, -0.05) is 39.0 Å². The number of rotatable bonds is 2. The molecule has 0 unspecified atom stereocenters. The van der Waals surface area contributed by atoms with Crippen molar-refractivity contribution >= 4 is 11.8 Å². The van der Waals surface area contributed by atoms with Crippen molar-refractivity contribution in [3.63, 3.8) is 0 Å². The predicted molar refractivity (Wildman–Crippen MR) is 86.5 cm³/mol. The van der Waals surface area contributed by atoms with Crippen molar-refractivity contribution in [2.24, 2.45) is 0 Å². The van der Waals surface area contributed by atoms with Gasteiger partial charge in [0.15, 0.2) is 0 Å². The fourth-order valence-electron chi connectivity index (χ4n) is 2.01. The number of benzene rings is 2. The van der Waals surface area contributed by atoms with Crippen molar-refractivity contribution in [2.45, 2.75) is 26.2 Å².